The molecule has 2 aromatic rings. The number of aliphatic imine (C=N–C) groups is 1. The molecular weight excluding hydrogens is 248 g/mol. The first-order chi connectivity index (χ1) is 9.69. The molecular formula is C16H20N4. The van der Waals surface area contributed by atoms with E-state index in [-0.39, 0.29) is 0 Å². The highest BCUT2D eigenvalue weighted by Crippen LogP contribution is 2.19. The lowest BCUT2D eigenvalue weighted by Crippen LogP contribution is -2.35. The topological polar surface area (TPSA) is 62.4 Å². The molecule has 0 aliphatic heterocycles. The molecule has 2 aromatic carbocycles. The molecule has 2 rings (SSSR count). The van der Waals surface area contributed by atoms with Crippen LogP contribution in [0.5, 0.6) is 0 Å². The van der Waals surface area contributed by atoms with Crippen LogP contribution in [0, 0.1) is 0 Å². The van der Waals surface area contributed by atoms with Crippen LogP contribution in [0.4, 0.5) is 11.4 Å². The molecule has 0 atom stereocenters. The van der Waals surface area contributed by atoms with Gasteiger partial charge in [0.05, 0.1) is 5.69 Å². The van der Waals surface area contributed by atoms with Gasteiger partial charge >= 0.3 is 0 Å². The normalized spacial score (nSPS) is 11.5. The van der Waals surface area contributed by atoms with Gasteiger partial charge in [-0.25, -0.2) is 10.8 Å². The number of rotatable bonds is 3. The first-order valence-electron chi connectivity index (χ1n) is 6.66. The van der Waals surface area contributed by atoms with E-state index >= 15 is 0 Å². The fourth-order valence-corrected chi connectivity index (χ4v) is 1.82. The van der Waals surface area contributed by atoms with Crippen molar-refractivity contribution >= 4 is 17.3 Å². The Labute approximate surface area is 119 Å². The van der Waals surface area contributed by atoms with Crippen molar-refractivity contribution in [3.05, 3.63) is 60.2 Å². The molecule has 104 valence electrons. The second-order valence-electron chi connectivity index (χ2n) is 4.84. The van der Waals surface area contributed by atoms with E-state index in [2.05, 4.69) is 41.7 Å². The lowest BCUT2D eigenvalue weighted by molar-refractivity contribution is 0.867. The van der Waals surface area contributed by atoms with Gasteiger partial charge in [-0.2, -0.15) is 0 Å². The summed E-state index contributed by atoms with van der Waals surface area (Å²) in [5.41, 5.74) is 5.65. The van der Waals surface area contributed by atoms with Gasteiger partial charge in [-0.3, -0.25) is 5.43 Å². The highest BCUT2D eigenvalue weighted by atomic mass is 15.3. The summed E-state index contributed by atoms with van der Waals surface area (Å²) in [4.78, 5) is 4.44. The summed E-state index contributed by atoms with van der Waals surface area (Å²) >= 11 is 0. The van der Waals surface area contributed by atoms with Gasteiger partial charge in [-0.15, -0.1) is 0 Å². The van der Waals surface area contributed by atoms with Gasteiger partial charge in [0.2, 0.25) is 5.96 Å². The van der Waals surface area contributed by atoms with E-state index < -0.39 is 0 Å². The molecule has 0 unspecified atom stereocenters. The first kappa shape index (κ1) is 14.1. The van der Waals surface area contributed by atoms with E-state index in [0.717, 1.165) is 11.4 Å². The van der Waals surface area contributed by atoms with Crippen LogP contribution in [0.15, 0.2) is 59.6 Å². The zero-order valence-corrected chi connectivity index (χ0v) is 11.8. The summed E-state index contributed by atoms with van der Waals surface area (Å²) in [6.45, 7) is 4.34. The summed E-state index contributed by atoms with van der Waals surface area (Å²) in [6.07, 6.45) is 0. The van der Waals surface area contributed by atoms with Crippen LogP contribution in [0.2, 0.25) is 0 Å². The van der Waals surface area contributed by atoms with Crippen molar-refractivity contribution in [2.75, 3.05) is 5.32 Å². The minimum atomic E-state index is 0.508. The fourth-order valence-electron chi connectivity index (χ4n) is 1.82. The number of anilines is 1. The molecule has 0 saturated carbocycles. The number of para-hydroxylation sites is 1. The minimum Gasteiger partial charge on any atom is -0.325 e. The maximum absolute atomic E-state index is 5.50. The van der Waals surface area contributed by atoms with Gasteiger partial charge in [0.25, 0.3) is 0 Å². The molecule has 0 spiro atoms. The smallest absolute Gasteiger partial charge is 0.215 e. The highest BCUT2D eigenvalue weighted by molar-refractivity contribution is 5.94. The summed E-state index contributed by atoms with van der Waals surface area (Å²) in [5, 5.41) is 3.13. The van der Waals surface area contributed by atoms with Crippen molar-refractivity contribution in [3.63, 3.8) is 0 Å². The number of nitrogens with one attached hydrogen (secondary N) is 2. The summed E-state index contributed by atoms with van der Waals surface area (Å²) < 4.78 is 0. The van der Waals surface area contributed by atoms with Gasteiger partial charge < -0.3 is 5.32 Å². The highest BCUT2D eigenvalue weighted by Gasteiger charge is 2.00. The van der Waals surface area contributed by atoms with Crippen LogP contribution >= 0.6 is 0 Å². The zero-order valence-electron chi connectivity index (χ0n) is 11.8. The number of hydrogen-bond acceptors (Lipinski definition) is 2. The maximum atomic E-state index is 5.50. The van der Waals surface area contributed by atoms with E-state index in [1.165, 1.54) is 5.56 Å². The summed E-state index contributed by atoms with van der Waals surface area (Å²) in [5.74, 6) is 6.53. The number of benzene rings is 2. The lowest BCUT2D eigenvalue weighted by Gasteiger charge is -2.09. The van der Waals surface area contributed by atoms with Crippen LogP contribution < -0.4 is 16.6 Å². The van der Waals surface area contributed by atoms with Crippen molar-refractivity contribution in [1.82, 2.24) is 5.43 Å². The minimum absolute atomic E-state index is 0.508. The summed E-state index contributed by atoms with van der Waals surface area (Å²) in [6, 6.07) is 17.9. The Hall–Kier alpha value is -2.33. The first-order valence-corrected chi connectivity index (χ1v) is 6.66. The Bertz CT molecular complexity index is 559. The lowest BCUT2D eigenvalue weighted by atomic mass is 10.0. The van der Waals surface area contributed by atoms with E-state index in [1.54, 1.807) is 0 Å². The molecule has 4 heteroatoms. The second-order valence-corrected chi connectivity index (χ2v) is 4.84. The molecule has 0 aromatic heterocycles. The van der Waals surface area contributed by atoms with Crippen molar-refractivity contribution < 1.29 is 0 Å². The van der Waals surface area contributed by atoms with Crippen LogP contribution in [0.25, 0.3) is 0 Å². The molecule has 4 N–H and O–H groups in total. The third kappa shape index (κ3) is 3.83. The predicted molar refractivity (Wildman–Crippen MR) is 85.0 cm³/mol. The van der Waals surface area contributed by atoms with Crippen molar-refractivity contribution in [3.8, 4) is 0 Å². The molecule has 0 radical (unpaired) electrons. The van der Waals surface area contributed by atoms with Gasteiger partial charge in [0, 0.05) is 5.69 Å². The van der Waals surface area contributed by atoms with E-state index in [4.69, 9.17) is 5.84 Å². The second kappa shape index (κ2) is 6.73. The number of nitrogens with two attached hydrogens (primary N) is 1. The van der Waals surface area contributed by atoms with E-state index in [0.29, 0.717) is 11.9 Å². The van der Waals surface area contributed by atoms with Crippen LogP contribution in [-0.4, -0.2) is 5.96 Å². The average Bonchev–Trinajstić information content (AvgIpc) is 2.48. The Balaban J connectivity index is 2.14. The van der Waals surface area contributed by atoms with Crippen LogP contribution in [-0.2, 0) is 0 Å². The largest absolute Gasteiger partial charge is 0.325 e. The number of guanidine groups is 1. The number of nitrogens with zero attached hydrogens (tertiary/aromatic N) is 1. The molecule has 0 aliphatic rings. The zero-order chi connectivity index (χ0) is 14.4. The molecule has 0 fully saturated rings. The molecule has 4 nitrogen and oxygen atoms in total. The Morgan fingerprint density at radius 3 is 2.20 bits per heavy atom. The molecule has 0 amide bonds. The van der Waals surface area contributed by atoms with E-state index in [9.17, 15) is 0 Å². The fraction of sp³-hybridized carbons (Fsp3) is 0.188. The van der Waals surface area contributed by atoms with Gasteiger partial charge in [-0.05, 0) is 35.7 Å². The van der Waals surface area contributed by atoms with Gasteiger partial charge in [0.15, 0.2) is 0 Å². The Morgan fingerprint density at radius 2 is 1.65 bits per heavy atom. The van der Waals surface area contributed by atoms with Crippen molar-refractivity contribution in [2.45, 2.75) is 19.8 Å². The molecule has 0 aliphatic carbocycles. The van der Waals surface area contributed by atoms with Gasteiger partial charge in [0.1, 0.15) is 0 Å². The standard InChI is InChI=1S/C16H20N4/c1-12(2)13-8-10-15(11-9-13)19-16(20-17)18-14-6-4-3-5-7-14/h3-12H,17H2,1-2H3,(H2,18,19,20). The number of hydrazine groups is 1. The summed E-state index contributed by atoms with van der Waals surface area (Å²) in [7, 11) is 0. The van der Waals surface area contributed by atoms with E-state index in [1.807, 2.05) is 42.5 Å². The predicted octanol–water partition coefficient (Wildman–Crippen LogP) is 3.37. The van der Waals surface area contributed by atoms with Crippen molar-refractivity contribution in [2.24, 2.45) is 10.8 Å². The Kier molecular flexibility index (Phi) is 4.74. The average molecular weight is 268 g/mol. The van der Waals surface area contributed by atoms with Crippen molar-refractivity contribution in [1.29, 1.82) is 0 Å². The van der Waals surface area contributed by atoms with Crippen LogP contribution in [0.1, 0.15) is 25.3 Å². The molecule has 20 heavy (non-hydrogen) atoms. The molecule has 0 saturated heterocycles. The van der Waals surface area contributed by atoms with Crippen LogP contribution in [0.3, 0.4) is 0 Å². The monoisotopic (exact) mass is 268 g/mol. The molecule has 0 heterocycles. The SMILES string of the molecule is CC(C)c1ccc(N=C(NN)Nc2ccccc2)cc1. The van der Waals surface area contributed by atoms with Gasteiger partial charge in [-0.1, -0.05) is 44.2 Å². The third-order valence-corrected chi connectivity index (χ3v) is 2.97. The Morgan fingerprint density at radius 1 is 1.00 bits per heavy atom. The third-order valence-electron chi connectivity index (χ3n) is 2.97. The quantitative estimate of drug-likeness (QED) is 0.346. The number of hydrogen-bond donors (Lipinski definition) is 3. The molecule has 0 bridgehead atoms. The maximum Gasteiger partial charge on any atom is 0.215 e.